The number of nitrogens with zero attached hydrogens (tertiary/aromatic N) is 1. The molecule has 0 aromatic heterocycles. The van der Waals surface area contributed by atoms with E-state index >= 15 is 0 Å². The van der Waals surface area contributed by atoms with E-state index in [4.69, 9.17) is 4.74 Å². The van der Waals surface area contributed by atoms with Crippen LogP contribution in [0.2, 0.25) is 0 Å². The number of ether oxygens (including phenoxy) is 1. The van der Waals surface area contributed by atoms with Crippen LogP contribution in [0.5, 0.6) is 0 Å². The van der Waals surface area contributed by atoms with Gasteiger partial charge in [-0.3, -0.25) is 4.79 Å². The fourth-order valence-electron chi connectivity index (χ4n) is 1.85. The smallest absolute Gasteiger partial charge is 0.384 e. The van der Waals surface area contributed by atoms with Crippen molar-refractivity contribution in [1.82, 2.24) is 10.2 Å². The lowest BCUT2D eigenvalue weighted by atomic mass is 10.1. The molecule has 0 radical (unpaired) electrons. The lowest BCUT2D eigenvalue weighted by molar-refractivity contribution is -0.133. The molecule has 100 valence electrons. The molecule has 0 spiro atoms. The highest BCUT2D eigenvalue weighted by atomic mass is 19.4. The summed E-state index contributed by atoms with van der Waals surface area (Å²) >= 11 is 0. The van der Waals surface area contributed by atoms with Crippen molar-refractivity contribution in [1.29, 1.82) is 0 Å². The second kappa shape index (κ2) is 6.20. The number of halogens is 3. The molecule has 1 fully saturated rings. The molecule has 0 saturated carbocycles. The Morgan fingerprint density at radius 2 is 2.24 bits per heavy atom. The third kappa shape index (κ3) is 5.36. The minimum absolute atomic E-state index is 0.265. The van der Waals surface area contributed by atoms with Crippen molar-refractivity contribution < 1.29 is 22.7 Å². The molecule has 4 nitrogen and oxygen atoms in total. The van der Waals surface area contributed by atoms with Crippen molar-refractivity contribution >= 4 is 5.91 Å². The van der Waals surface area contributed by atoms with E-state index in [9.17, 15) is 18.0 Å². The first-order valence-corrected chi connectivity index (χ1v) is 5.46. The quantitative estimate of drug-likeness (QED) is 0.782. The minimum Gasteiger partial charge on any atom is -0.384 e. The van der Waals surface area contributed by atoms with Crippen molar-refractivity contribution in [2.24, 2.45) is 5.92 Å². The standard InChI is InChI=1S/C10H17F3N2O2/c1-17-6-8-2-3-15(5-8)9(16)4-14-7-10(11,12)13/h8,14H,2-7H2,1H3. The summed E-state index contributed by atoms with van der Waals surface area (Å²) in [5.41, 5.74) is 0. The number of alkyl halides is 3. The van der Waals surface area contributed by atoms with Gasteiger partial charge in [-0.2, -0.15) is 13.2 Å². The Morgan fingerprint density at radius 1 is 1.53 bits per heavy atom. The monoisotopic (exact) mass is 254 g/mol. The fraction of sp³-hybridized carbons (Fsp3) is 0.900. The molecule has 1 unspecified atom stereocenters. The third-order valence-corrected chi connectivity index (χ3v) is 2.64. The normalized spacial score (nSPS) is 20.9. The second-order valence-corrected chi connectivity index (χ2v) is 4.17. The van der Waals surface area contributed by atoms with E-state index in [0.717, 1.165) is 6.42 Å². The van der Waals surface area contributed by atoms with Crippen LogP contribution < -0.4 is 5.32 Å². The fourth-order valence-corrected chi connectivity index (χ4v) is 1.85. The highest BCUT2D eigenvalue weighted by Gasteiger charge is 2.29. The second-order valence-electron chi connectivity index (χ2n) is 4.17. The molecule has 1 rings (SSSR count). The summed E-state index contributed by atoms with van der Waals surface area (Å²) in [6.07, 6.45) is -3.43. The molecular formula is C10H17F3N2O2. The Balaban J connectivity index is 2.21. The summed E-state index contributed by atoms with van der Waals surface area (Å²) in [7, 11) is 1.59. The SMILES string of the molecule is COCC1CCN(C(=O)CNCC(F)(F)F)C1. The number of carbonyl (C=O) groups excluding carboxylic acids is 1. The van der Waals surface area contributed by atoms with Crippen LogP contribution in [-0.2, 0) is 9.53 Å². The maximum Gasteiger partial charge on any atom is 0.401 e. The van der Waals surface area contributed by atoms with Gasteiger partial charge in [0.25, 0.3) is 0 Å². The molecule has 7 heteroatoms. The molecule has 1 amide bonds. The van der Waals surface area contributed by atoms with Crippen molar-refractivity contribution in [3.8, 4) is 0 Å². The zero-order valence-corrected chi connectivity index (χ0v) is 9.72. The lowest BCUT2D eigenvalue weighted by Crippen LogP contribution is -2.40. The van der Waals surface area contributed by atoms with Crippen molar-refractivity contribution in [3.63, 3.8) is 0 Å². The molecule has 1 atom stereocenters. The number of methoxy groups -OCH3 is 1. The van der Waals surface area contributed by atoms with Gasteiger partial charge < -0.3 is 15.0 Å². The van der Waals surface area contributed by atoms with Gasteiger partial charge in [0.15, 0.2) is 0 Å². The first-order chi connectivity index (χ1) is 7.92. The van der Waals surface area contributed by atoms with Crippen LogP contribution in [0.15, 0.2) is 0 Å². The van der Waals surface area contributed by atoms with Gasteiger partial charge in [0.05, 0.1) is 19.7 Å². The van der Waals surface area contributed by atoms with Gasteiger partial charge in [-0.15, -0.1) is 0 Å². The molecule has 1 aliphatic heterocycles. The highest BCUT2D eigenvalue weighted by Crippen LogP contribution is 2.16. The first-order valence-electron chi connectivity index (χ1n) is 5.46. The molecule has 0 aromatic carbocycles. The summed E-state index contributed by atoms with van der Waals surface area (Å²) in [6, 6.07) is 0. The Hall–Kier alpha value is -0.820. The van der Waals surface area contributed by atoms with Crippen LogP contribution in [0.1, 0.15) is 6.42 Å². The van der Waals surface area contributed by atoms with E-state index in [-0.39, 0.29) is 12.5 Å². The summed E-state index contributed by atoms with van der Waals surface area (Å²) in [4.78, 5) is 13.1. The van der Waals surface area contributed by atoms with Gasteiger partial charge in [0.1, 0.15) is 0 Å². The van der Waals surface area contributed by atoms with Crippen molar-refractivity contribution in [2.75, 3.05) is 39.9 Å². The van der Waals surface area contributed by atoms with Gasteiger partial charge in [-0.25, -0.2) is 0 Å². The molecule has 0 bridgehead atoms. The van der Waals surface area contributed by atoms with Gasteiger partial charge in [0, 0.05) is 26.1 Å². The van der Waals surface area contributed by atoms with Crippen LogP contribution in [0.3, 0.4) is 0 Å². The average Bonchev–Trinajstić information content (AvgIpc) is 2.65. The molecule has 0 aliphatic carbocycles. The highest BCUT2D eigenvalue weighted by molar-refractivity contribution is 5.78. The predicted molar refractivity (Wildman–Crippen MR) is 55.5 cm³/mol. The van der Waals surface area contributed by atoms with Crippen molar-refractivity contribution in [2.45, 2.75) is 12.6 Å². The molecule has 1 N–H and O–H groups in total. The summed E-state index contributed by atoms with van der Waals surface area (Å²) in [6.45, 7) is 0.355. The van der Waals surface area contributed by atoms with Gasteiger partial charge in [0.2, 0.25) is 5.91 Å². The summed E-state index contributed by atoms with van der Waals surface area (Å²) in [5, 5.41) is 2.10. The zero-order valence-electron chi connectivity index (χ0n) is 9.72. The molecular weight excluding hydrogens is 237 g/mol. The number of rotatable bonds is 5. The van der Waals surface area contributed by atoms with E-state index in [1.54, 1.807) is 12.0 Å². The summed E-state index contributed by atoms with van der Waals surface area (Å²) < 4.78 is 40.5. The molecule has 17 heavy (non-hydrogen) atoms. The summed E-state index contributed by atoms with van der Waals surface area (Å²) in [5.74, 6) is 0.0134. The molecule has 1 saturated heterocycles. The van der Waals surface area contributed by atoms with Crippen LogP contribution >= 0.6 is 0 Å². The van der Waals surface area contributed by atoms with Gasteiger partial charge in [-0.1, -0.05) is 0 Å². The molecule has 1 heterocycles. The Kier molecular flexibility index (Phi) is 5.20. The van der Waals surface area contributed by atoms with Crippen LogP contribution in [0.4, 0.5) is 13.2 Å². The molecule has 0 aromatic rings. The zero-order chi connectivity index (χ0) is 12.9. The van der Waals surface area contributed by atoms with Gasteiger partial charge in [-0.05, 0) is 6.42 Å². The van der Waals surface area contributed by atoms with E-state index in [0.29, 0.717) is 25.6 Å². The lowest BCUT2D eigenvalue weighted by Gasteiger charge is -2.17. The third-order valence-electron chi connectivity index (χ3n) is 2.64. The van der Waals surface area contributed by atoms with Gasteiger partial charge >= 0.3 is 6.18 Å². The van der Waals surface area contributed by atoms with E-state index < -0.39 is 12.7 Å². The van der Waals surface area contributed by atoms with Crippen molar-refractivity contribution in [3.05, 3.63) is 0 Å². The maximum absolute atomic E-state index is 11.8. The number of amides is 1. The maximum atomic E-state index is 11.8. The topological polar surface area (TPSA) is 41.6 Å². The number of hydrogen-bond donors (Lipinski definition) is 1. The number of carbonyl (C=O) groups is 1. The van der Waals surface area contributed by atoms with Crippen LogP contribution in [0.25, 0.3) is 0 Å². The number of likely N-dealkylation sites (tertiary alicyclic amines) is 1. The Labute approximate surface area is 98.1 Å². The van der Waals surface area contributed by atoms with E-state index in [2.05, 4.69) is 5.32 Å². The number of hydrogen-bond acceptors (Lipinski definition) is 3. The Morgan fingerprint density at radius 3 is 2.82 bits per heavy atom. The van der Waals surface area contributed by atoms with E-state index in [1.165, 1.54) is 0 Å². The predicted octanol–water partition coefficient (Wildman–Crippen LogP) is 0.633. The minimum atomic E-state index is -4.27. The van der Waals surface area contributed by atoms with Crippen LogP contribution in [-0.4, -0.2) is 56.9 Å². The number of nitrogens with one attached hydrogen (secondary N) is 1. The largest absolute Gasteiger partial charge is 0.401 e. The molecule has 1 aliphatic rings. The van der Waals surface area contributed by atoms with Crippen LogP contribution in [0, 0.1) is 5.92 Å². The van der Waals surface area contributed by atoms with E-state index in [1.807, 2.05) is 0 Å². The first kappa shape index (κ1) is 14.2. The average molecular weight is 254 g/mol. The Bertz CT molecular complexity index is 258.